The number of hydrogen-bond acceptors (Lipinski definition) is 5. The first kappa shape index (κ1) is 11.9. The first-order valence-corrected chi connectivity index (χ1v) is 5.31. The maximum Gasteiger partial charge on any atom is 0.252 e. The second-order valence-corrected chi connectivity index (χ2v) is 3.68. The van der Waals surface area contributed by atoms with Gasteiger partial charge in [0.05, 0.1) is 12.3 Å². The maximum absolute atomic E-state index is 11.7. The van der Waals surface area contributed by atoms with Gasteiger partial charge in [-0.25, -0.2) is 9.67 Å². The number of furan rings is 1. The number of carbonyl (C=O) groups excluding carboxylic acids is 1. The molecule has 7 heteroatoms. The van der Waals surface area contributed by atoms with Crippen LogP contribution in [0.2, 0.25) is 0 Å². The van der Waals surface area contributed by atoms with Crippen LogP contribution in [0.4, 0.5) is 0 Å². The Kier molecular flexibility index (Phi) is 3.38. The Bertz CT molecular complexity index is 567. The number of nitrogens with one attached hydrogen (secondary N) is 1. The molecule has 0 unspecified atom stereocenters. The van der Waals surface area contributed by atoms with E-state index in [1.165, 1.54) is 11.0 Å². The van der Waals surface area contributed by atoms with E-state index in [4.69, 9.17) is 9.68 Å². The molecule has 0 aliphatic carbocycles. The van der Waals surface area contributed by atoms with Gasteiger partial charge in [-0.05, 0) is 19.1 Å². The Morgan fingerprint density at radius 2 is 2.56 bits per heavy atom. The van der Waals surface area contributed by atoms with Gasteiger partial charge in [-0.2, -0.15) is 5.26 Å². The highest BCUT2D eigenvalue weighted by Gasteiger charge is 2.12. The summed E-state index contributed by atoms with van der Waals surface area (Å²) in [6.45, 7) is 1.83. The molecular weight excluding hydrogens is 234 g/mol. The first-order valence-electron chi connectivity index (χ1n) is 5.31. The van der Waals surface area contributed by atoms with Crippen LogP contribution in [0.3, 0.4) is 0 Å². The fraction of sp³-hybridized carbons (Fsp3) is 0.273. The van der Waals surface area contributed by atoms with Crippen LogP contribution in [0.1, 0.15) is 24.6 Å². The van der Waals surface area contributed by atoms with Gasteiger partial charge in [0.25, 0.3) is 5.82 Å². The third-order valence-corrected chi connectivity index (χ3v) is 2.29. The molecule has 0 spiro atoms. The van der Waals surface area contributed by atoms with Crippen LogP contribution in [-0.4, -0.2) is 20.7 Å². The summed E-state index contributed by atoms with van der Waals surface area (Å²) in [4.78, 5) is 15.4. The zero-order valence-corrected chi connectivity index (χ0v) is 9.70. The van der Waals surface area contributed by atoms with Crippen molar-refractivity contribution in [3.8, 4) is 6.07 Å². The van der Waals surface area contributed by atoms with Gasteiger partial charge in [-0.3, -0.25) is 4.79 Å². The van der Waals surface area contributed by atoms with Gasteiger partial charge in [0.1, 0.15) is 24.7 Å². The quantitative estimate of drug-likeness (QED) is 0.851. The van der Waals surface area contributed by atoms with Gasteiger partial charge in [0, 0.05) is 0 Å². The highest BCUT2D eigenvalue weighted by molar-refractivity contribution is 5.75. The Morgan fingerprint density at radius 1 is 1.72 bits per heavy atom. The molecule has 0 bridgehead atoms. The number of nitriles is 1. The van der Waals surface area contributed by atoms with Crippen molar-refractivity contribution < 1.29 is 9.21 Å². The van der Waals surface area contributed by atoms with E-state index in [0.29, 0.717) is 5.76 Å². The zero-order valence-electron chi connectivity index (χ0n) is 9.70. The van der Waals surface area contributed by atoms with Crippen LogP contribution in [-0.2, 0) is 11.3 Å². The molecule has 1 amide bonds. The lowest BCUT2D eigenvalue weighted by Gasteiger charge is -2.10. The SMILES string of the molecule is C[C@H](NC(=O)Cn1cnc(C#N)n1)c1ccco1. The summed E-state index contributed by atoms with van der Waals surface area (Å²) in [6.07, 6.45) is 2.89. The van der Waals surface area contributed by atoms with Crippen molar-refractivity contribution in [3.05, 3.63) is 36.3 Å². The smallest absolute Gasteiger partial charge is 0.252 e. The molecule has 18 heavy (non-hydrogen) atoms. The average Bonchev–Trinajstić information content (AvgIpc) is 2.98. The Balaban J connectivity index is 1.91. The summed E-state index contributed by atoms with van der Waals surface area (Å²) >= 11 is 0. The zero-order chi connectivity index (χ0) is 13.0. The number of carbonyl (C=O) groups is 1. The molecule has 1 N–H and O–H groups in total. The number of amides is 1. The summed E-state index contributed by atoms with van der Waals surface area (Å²) in [6, 6.07) is 5.12. The van der Waals surface area contributed by atoms with Crippen molar-refractivity contribution in [1.82, 2.24) is 20.1 Å². The van der Waals surface area contributed by atoms with Crippen molar-refractivity contribution >= 4 is 5.91 Å². The highest BCUT2D eigenvalue weighted by atomic mass is 16.3. The molecule has 1 atom stereocenters. The van der Waals surface area contributed by atoms with Crippen LogP contribution in [0.5, 0.6) is 0 Å². The Labute approximate surface area is 103 Å². The van der Waals surface area contributed by atoms with Crippen LogP contribution < -0.4 is 5.32 Å². The standard InChI is InChI=1S/C11H11N5O2/c1-8(9-3-2-4-18-9)14-11(17)6-16-7-13-10(5-12)15-16/h2-4,7-8H,6H2,1H3,(H,14,17)/t8-/m0/s1. The van der Waals surface area contributed by atoms with Crippen LogP contribution in [0, 0.1) is 11.3 Å². The molecule has 0 saturated heterocycles. The lowest BCUT2D eigenvalue weighted by Crippen LogP contribution is -2.30. The maximum atomic E-state index is 11.7. The molecule has 0 aromatic carbocycles. The number of rotatable bonds is 4. The van der Waals surface area contributed by atoms with Gasteiger partial charge in [-0.15, -0.1) is 5.10 Å². The molecular formula is C11H11N5O2. The Morgan fingerprint density at radius 3 is 3.17 bits per heavy atom. The molecule has 2 aromatic rings. The summed E-state index contributed by atoms with van der Waals surface area (Å²) in [5, 5.41) is 15.1. The van der Waals surface area contributed by atoms with Gasteiger partial charge >= 0.3 is 0 Å². The molecule has 2 heterocycles. The lowest BCUT2D eigenvalue weighted by molar-refractivity contribution is -0.122. The third kappa shape index (κ3) is 2.74. The molecule has 0 fully saturated rings. The summed E-state index contributed by atoms with van der Waals surface area (Å²) in [7, 11) is 0. The van der Waals surface area contributed by atoms with E-state index in [1.54, 1.807) is 24.5 Å². The average molecular weight is 245 g/mol. The summed E-state index contributed by atoms with van der Waals surface area (Å²) in [5.41, 5.74) is 0. The van der Waals surface area contributed by atoms with E-state index in [-0.39, 0.29) is 24.3 Å². The predicted octanol–water partition coefficient (Wildman–Crippen LogP) is 0.620. The molecule has 2 aromatic heterocycles. The van der Waals surface area contributed by atoms with E-state index in [9.17, 15) is 4.79 Å². The Hall–Kier alpha value is -2.62. The van der Waals surface area contributed by atoms with E-state index >= 15 is 0 Å². The van der Waals surface area contributed by atoms with E-state index in [0.717, 1.165) is 0 Å². The monoisotopic (exact) mass is 245 g/mol. The molecule has 0 saturated carbocycles. The van der Waals surface area contributed by atoms with Crippen molar-refractivity contribution in [2.45, 2.75) is 19.5 Å². The number of nitrogens with zero attached hydrogens (tertiary/aromatic N) is 4. The van der Waals surface area contributed by atoms with Crippen molar-refractivity contribution in [3.63, 3.8) is 0 Å². The van der Waals surface area contributed by atoms with Crippen molar-refractivity contribution in [2.24, 2.45) is 0 Å². The fourth-order valence-electron chi connectivity index (χ4n) is 1.47. The van der Waals surface area contributed by atoms with Gasteiger partial charge < -0.3 is 9.73 Å². The topological polar surface area (TPSA) is 96.7 Å². The van der Waals surface area contributed by atoms with Crippen LogP contribution in [0.25, 0.3) is 0 Å². The predicted molar refractivity (Wildman–Crippen MR) is 60.0 cm³/mol. The normalized spacial score (nSPS) is 11.8. The van der Waals surface area contributed by atoms with Gasteiger partial charge in [0.15, 0.2) is 0 Å². The molecule has 7 nitrogen and oxygen atoms in total. The molecule has 0 radical (unpaired) electrons. The van der Waals surface area contributed by atoms with E-state index < -0.39 is 0 Å². The minimum Gasteiger partial charge on any atom is -0.467 e. The second-order valence-electron chi connectivity index (χ2n) is 3.68. The molecule has 0 aliphatic heterocycles. The van der Waals surface area contributed by atoms with Crippen molar-refractivity contribution in [2.75, 3.05) is 0 Å². The number of hydrogen-bond donors (Lipinski definition) is 1. The highest BCUT2D eigenvalue weighted by Crippen LogP contribution is 2.11. The van der Waals surface area contributed by atoms with E-state index in [1.807, 2.05) is 6.92 Å². The summed E-state index contributed by atoms with van der Waals surface area (Å²) < 4.78 is 6.48. The second kappa shape index (κ2) is 5.14. The largest absolute Gasteiger partial charge is 0.467 e. The molecule has 0 aliphatic rings. The van der Waals surface area contributed by atoms with Crippen molar-refractivity contribution in [1.29, 1.82) is 5.26 Å². The lowest BCUT2D eigenvalue weighted by atomic mass is 10.2. The minimum absolute atomic E-state index is 0.0136. The van der Waals surface area contributed by atoms with E-state index in [2.05, 4.69) is 15.4 Å². The fourth-order valence-corrected chi connectivity index (χ4v) is 1.47. The molecule has 92 valence electrons. The summed E-state index contributed by atoms with van der Waals surface area (Å²) in [5.74, 6) is 0.495. The third-order valence-electron chi connectivity index (χ3n) is 2.29. The molecule has 2 rings (SSSR count). The first-order chi connectivity index (χ1) is 8.69. The minimum atomic E-state index is -0.228. The van der Waals surface area contributed by atoms with Crippen LogP contribution >= 0.6 is 0 Å². The van der Waals surface area contributed by atoms with Crippen LogP contribution in [0.15, 0.2) is 29.1 Å². The van der Waals surface area contributed by atoms with Gasteiger partial charge in [0.2, 0.25) is 5.91 Å². The number of aromatic nitrogens is 3. The van der Waals surface area contributed by atoms with Gasteiger partial charge in [-0.1, -0.05) is 0 Å².